The minimum atomic E-state index is -0.174. The third-order valence-corrected chi connectivity index (χ3v) is 2.97. The number of rotatable bonds is 5. The van der Waals surface area contributed by atoms with Gasteiger partial charge in [0.15, 0.2) is 11.5 Å². The Labute approximate surface area is 116 Å². The lowest BCUT2D eigenvalue weighted by molar-refractivity contribution is 0.244. The number of ether oxygens (including phenoxy) is 2. The Kier molecular flexibility index (Phi) is 4.29. The lowest BCUT2D eigenvalue weighted by Crippen LogP contribution is -2.05. The predicted octanol–water partition coefficient (Wildman–Crippen LogP) is 2.15. The van der Waals surface area contributed by atoms with Crippen LogP contribution >= 0.6 is 11.6 Å². The molecule has 0 radical (unpaired) electrons. The molecular weight excluding hydrogens is 268 g/mol. The van der Waals surface area contributed by atoms with Gasteiger partial charge in [0, 0.05) is 36.1 Å². The van der Waals surface area contributed by atoms with Gasteiger partial charge in [0.1, 0.15) is 12.4 Å². The third kappa shape index (κ3) is 3.00. The van der Waals surface area contributed by atoms with E-state index < -0.39 is 0 Å². The summed E-state index contributed by atoms with van der Waals surface area (Å²) in [5.74, 6) is 1.75. The van der Waals surface area contributed by atoms with E-state index in [2.05, 4.69) is 4.98 Å². The smallest absolute Gasteiger partial charge is 0.167 e. The maximum Gasteiger partial charge on any atom is 0.167 e. The van der Waals surface area contributed by atoms with Crippen molar-refractivity contribution in [2.45, 2.75) is 13.2 Å². The number of aromatic nitrogens is 2. The summed E-state index contributed by atoms with van der Waals surface area (Å²) in [6, 6.07) is 3.30. The van der Waals surface area contributed by atoms with Crippen LogP contribution in [0.25, 0.3) is 0 Å². The van der Waals surface area contributed by atoms with Crippen molar-refractivity contribution in [3.8, 4) is 11.5 Å². The molecule has 102 valence electrons. The highest BCUT2D eigenvalue weighted by molar-refractivity contribution is 6.30. The Bertz CT molecular complexity index is 544. The molecule has 2 rings (SSSR count). The molecule has 0 bridgehead atoms. The normalized spacial score (nSPS) is 10.5. The Morgan fingerprint density at radius 1 is 1.42 bits per heavy atom. The average Bonchev–Trinajstić information content (AvgIpc) is 2.81. The van der Waals surface area contributed by atoms with Crippen molar-refractivity contribution in [2.24, 2.45) is 7.05 Å². The molecule has 0 saturated heterocycles. The predicted molar refractivity (Wildman–Crippen MR) is 71.5 cm³/mol. The molecule has 1 aromatic carbocycles. The van der Waals surface area contributed by atoms with Crippen molar-refractivity contribution in [2.75, 3.05) is 7.11 Å². The summed E-state index contributed by atoms with van der Waals surface area (Å²) in [6.07, 6.45) is 3.54. The molecule has 6 heteroatoms. The first-order valence-corrected chi connectivity index (χ1v) is 6.09. The minimum Gasteiger partial charge on any atom is -0.493 e. The van der Waals surface area contributed by atoms with Gasteiger partial charge in [0.25, 0.3) is 0 Å². The van der Waals surface area contributed by atoms with Crippen molar-refractivity contribution in [1.82, 2.24) is 9.55 Å². The van der Waals surface area contributed by atoms with Crippen molar-refractivity contribution >= 4 is 11.6 Å². The number of aliphatic hydroxyl groups excluding tert-OH is 1. The maximum atomic E-state index is 9.36. The number of hydrogen-bond donors (Lipinski definition) is 1. The number of nitrogens with zero attached hydrogens (tertiary/aromatic N) is 2. The molecule has 1 heterocycles. The van der Waals surface area contributed by atoms with Gasteiger partial charge in [-0.25, -0.2) is 4.98 Å². The van der Waals surface area contributed by atoms with Crippen LogP contribution in [0, 0.1) is 0 Å². The molecule has 0 aliphatic rings. The largest absolute Gasteiger partial charge is 0.493 e. The number of hydrogen-bond acceptors (Lipinski definition) is 4. The molecule has 0 aliphatic heterocycles. The molecule has 0 aliphatic carbocycles. The van der Waals surface area contributed by atoms with Gasteiger partial charge in [-0.05, 0) is 6.07 Å². The zero-order valence-electron chi connectivity index (χ0n) is 10.8. The van der Waals surface area contributed by atoms with Crippen LogP contribution in [0.5, 0.6) is 11.5 Å². The molecule has 1 N–H and O–H groups in total. The lowest BCUT2D eigenvalue weighted by Gasteiger charge is -2.14. The number of imidazole rings is 1. The van der Waals surface area contributed by atoms with Crippen LogP contribution in [0.2, 0.25) is 5.02 Å². The molecule has 2 aromatic rings. The summed E-state index contributed by atoms with van der Waals surface area (Å²) in [5, 5.41) is 9.85. The molecule has 0 unspecified atom stereocenters. The van der Waals surface area contributed by atoms with Crippen LogP contribution < -0.4 is 9.47 Å². The molecule has 0 fully saturated rings. The topological polar surface area (TPSA) is 56.5 Å². The summed E-state index contributed by atoms with van der Waals surface area (Å²) >= 11 is 5.94. The zero-order chi connectivity index (χ0) is 13.8. The van der Waals surface area contributed by atoms with Gasteiger partial charge >= 0.3 is 0 Å². The quantitative estimate of drug-likeness (QED) is 0.913. The molecule has 19 heavy (non-hydrogen) atoms. The van der Waals surface area contributed by atoms with Gasteiger partial charge in [0.05, 0.1) is 13.7 Å². The SMILES string of the molecule is COc1cc(Cl)cc(CO)c1OCc1nccn1C. The van der Waals surface area contributed by atoms with Crippen molar-refractivity contribution in [3.05, 3.63) is 40.9 Å². The fourth-order valence-electron chi connectivity index (χ4n) is 1.73. The Morgan fingerprint density at radius 3 is 2.79 bits per heavy atom. The van der Waals surface area contributed by atoms with Crippen molar-refractivity contribution < 1.29 is 14.6 Å². The summed E-state index contributed by atoms with van der Waals surface area (Å²) in [6.45, 7) is 0.112. The Balaban J connectivity index is 2.26. The lowest BCUT2D eigenvalue weighted by atomic mass is 10.2. The van der Waals surface area contributed by atoms with Gasteiger partial charge in [-0.3, -0.25) is 0 Å². The van der Waals surface area contributed by atoms with Gasteiger partial charge in [-0.2, -0.15) is 0 Å². The van der Waals surface area contributed by atoms with E-state index in [0.29, 0.717) is 22.1 Å². The molecule has 0 amide bonds. The van der Waals surface area contributed by atoms with Crippen LogP contribution in [0.3, 0.4) is 0 Å². The second-order valence-corrected chi connectivity index (χ2v) is 4.43. The van der Waals surface area contributed by atoms with E-state index in [1.54, 1.807) is 18.3 Å². The third-order valence-electron chi connectivity index (χ3n) is 2.75. The highest BCUT2D eigenvalue weighted by atomic mass is 35.5. The maximum absolute atomic E-state index is 9.36. The highest BCUT2D eigenvalue weighted by Gasteiger charge is 2.13. The second-order valence-electron chi connectivity index (χ2n) is 4.00. The molecule has 1 aromatic heterocycles. The van der Waals surface area contributed by atoms with E-state index in [-0.39, 0.29) is 13.2 Å². The molecular formula is C13H15ClN2O3. The number of aryl methyl sites for hydroxylation is 1. The number of benzene rings is 1. The molecule has 0 atom stereocenters. The van der Waals surface area contributed by atoms with Crippen LogP contribution in [0.1, 0.15) is 11.4 Å². The van der Waals surface area contributed by atoms with E-state index in [4.69, 9.17) is 21.1 Å². The van der Waals surface area contributed by atoms with Crippen LogP contribution in [-0.2, 0) is 20.3 Å². The molecule has 5 nitrogen and oxygen atoms in total. The first-order chi connectivity index (χ1) is 9.15. The highest BCUT2D eigenvalue weighted by Crippen LogP contribution is 2.35. The summed E-state index contributed by atoms with van der Waals surface area (Å²) in [4.78, 5) is 4.17. The molecule has 0 spiro atoms. The number of methoxy groups -OCH3 is 1. The molecule has 0 saturated carbocycles. The van der Waals surface area contributed by atoms with Gasteiger partial charge in [0.2, 0.25) is 0 Å². The zero-order valence-corrected chi connectivity index (χ0v) is 11.5. The monoisotopic (exact) mass is 282 g/mol. The fraction of sp³-hybridized carbons (Fsp3) is 0.308. The Hall–Kier alpha value is -1.72. The van der Waals surface area contributed by atoms with Crippen LogP contribution in [0.15, 0.2) is 24.5 Å². The first kappa shape index (κ1) is 13.7. The van der Waals surface area contributed by atoms with E-state index >= 15 is 0 Å². The standard InChI is InChI=1S/C13H15ClN2O3/c1-16-4-3-15-12(16)8-19-13-9(7-17)5-10(14)6-11(13)18-2/h3-6,17H,7-8H2,1-2H3. The fourth-order valence-corrected chi connectivity index (χ4v) is 1.96. The first-order valence-electron chi connectivity index (χ1n) is 5.72. The van der Waals surface area contributed by atoms with Crippen LogP contribution in [-0.4, -0.2) is 21.8 Å². The van der Waals surface area contributed by atoms with E-state index in [1.165, 1.54) is 7.11 Å². The van der Waals surface area contributed by atoms with Crippen LogP contribution in [0.4, 0.5) is 0 Å². The van der Waals surface area contributed by atoms with Gasteiger partial charge in [-0.1, -0.05) is 11.6 Å². The Morgan fingerprint density at radius 2 is 2.21 bits per heavy atom. The average molecular weight is 283 g/mol. The summed E-state index contributed by atoms with van der Waals surface area (Å²) < 4.78 is 12.8. The van der Waals surface area contributed by atoms with E-state index in [9.17, 15) is 5.11 Å². The van der Waals surface area contributed by atoms with E-state index in [1.807, 2.05) is 17.8 Å². The minimum absolute atomic E-state index is 0.174. The second kappa shape index (κ2) is 5.95. The number of halogens is 1. The summed E-state index contributed by atoms with van der Waals surface area (Å²) in [7, 11) is 3.41. The van der Waals surface area contributed by atoms with E-state index in [0.717, 1.165) is 5.82 Å². The van der Waals surface area contributed by atoms with Crippen molar-refractivity contribution in [1.29, 1.82) is 0 Å². The number of aliphatic hydroxyl groups is 1. The van der Waals surface area contributed by atoms with Gasteiger partial charge < -0.3 is 19.1 Å². The summed E-state index contributed by atoms with van der Waals surface area (Å²) in [5.41, 5.74) is 0.582. The van der Waals surface area contributed by atoms with Crippen molar-refractivity contribution in [3.63, 3.8) is 0 Å². The van der Waals surface area contributed by atoms with Gasteiger partial charge in [-0.15, -0.1) is 0 Å².